The molecule has 0 aromatic carbocycles. The van der Waals surface area contributed by atoms with E-state index < -0.39 is 47.8 Å². The molecule has 17 heteroatoms. The zero-order valence-electron chi connectivity index (χ0n) is 24.5. The molecule has 1 amide bonds. The van der Waals surface area contributed by atoms with E-state index in [1.807, 2.05) is 0 Å². The summed E-state index contributed by atoms with van der Waals surface area (Å²) in [5.41, 5.74) is -0.883. The summed E-state index contributed by atoms with van der Waals surface area (Å²) in [7, 11) is 3.82. The first-order valence-electron chi connectivity index (χ1n) is 13.5. The molecule has 1 N–H and O–H groups in total. The van der Waals surface area contributed by atoms with Crippen molar-refractivity contribution >= 4 is 30.4 Å². The highest BCUT2D eigenvalue weighted by molar-refractivity contribution is 5.85. The molecule has 45 heavy (non-hydrogen) atoms. The van der Waals surface area contributed by atoms with E-state index in [9.17, 15) is 40.7 Å². The van der Waals surface area contributed by atoms with Crippen molar-refractivity contribution < 1.29 is 54.9 Å². The molecule has 4 atom stereocenters. The van der Waals surface area contributed by atoms with Crippen molar-refractivity contribution in [2.24, 2.45) is 11.8 Å². The number of ether oxygens (including phenoxy) is 3. The molecule has 0 radical (unpaired) electrons. The molecule has 4 rings (SSSR count). The van der Waals surface area contributed by atoms with Gasteiger partial charge in [0, 0.05) is 25.0 Å². The van der Waals surface area contributed by atoms with Gasteiger partial charge in [-0.15, -0.1) is 12.4 Å². The van der Waals surface area contributed by atoms with Gasteiger partial charge in [0.15, 0.2) is 0 Å². The van der Waals surface area contributed by atoms with Crippen LogP contribution in [-0.2, 0) is 36.2 Å². The molecule has 0 aliphatic carbocycles. The Labute approximate surface area is 261 Å². The number of hydrogen-bond donors (Lipinski definition) is 1. The summed E-state index contributed by atoms with van der Waals surface area (Å²) in [5, 5.41) is 3.17. The predicted molar refractivity (Wildman–Crippen MR) is 148 cm³/mol. The Morgan fingerprint density at radius 2 is 1.29 bits per heavy atom. The topological polar surface area (TPSA) is 120 Å². The minimum Gasteiger partial charge on any atom is -0.469 e. The number of methoxy groups -OCH3 is 3. The van der Waals surface area contributed by atoms with E-state index in [0.717, 1.165) is 18.3 Å². The smallest absolute Gasteiger partial charge is 0.433 e. The van der Waals surface area contributed by atoms with Crippen molar-refractivity contribution in [1.82, 2.24) is 20.2 Å². The van der Waals surface area contributed by atoms with Crippen molar-refractivity contribution in [3.05, 3.63) is 59.2 Å². The highest BCUT2D eigenvalue weighted by Crippen LogP contribution is 2.36. The van der Waals surface area contributed by atoms with Crippen LogP contribution < -0.4 is 5.32 Å². The first-order valence-corrected chi connectivity index (χ1v) is 13.5. The molecule has 2 aromatic heterocycles. The van der Waals surface area contributed by atoms with Crippen molar-refractivity contribution in [3.63, 3.8) is 0 Å². The Kier molecular flexibility index (Phi) is 13.4. The molecule has 0 spiro atoms. The van der Waals surface area contributed by atoms with E-state index in [1.165, 1.54) is 44.6 Å². The van der Waals surface area contributed by atoms with Crippen LogP contribution in [0.1, 0.15) is 60.3 Å². The molecule has 2 aliphatic heterocycles. The Hall–Kier alpha value is -3.66. The number of carbonyl (C=O) groups excluding carboxylic acids is 3. The van der Waals surface area contributed by atoms with Gasteiger partial charge in [0.2, 0.25) is 0 Å². The molecule has 2 saturated heterocycles. The molecule has 2 aromatic rings. The summed E-state index contributed by atoms with van der Waals surface area (Å²) in [5.74, 6) is -1.36. The summed E-state index contributed by atoms with van der Waals surface area (Å²) in [6.07, 6.45) is -5.51. The Balaban J connectivity index is 0.000000311. The Bertz CT molecular complexity index is 1280. The number of carbonyl (C=O) groups is 3. The number of piperidine rings is 2. The van der Waals surface area contributed by atoms with E-state index in [4.69, 9.17) is 14.2 Å². The lowest BCUT2D eigenvalue weighted by molar-refractivity contribution is -0.148. The largest absolute Gasteiger partial charge is 0.469 e. The van der Waals surface area contributed by atoms with Crippen LogP contribution in [0.3, 0.4) is 0 Å². The monoisotopic (exact) mass is 670 g/mol. The highest BCUT2D eigenvalue weighted by atomic mass is 35.5. The number of rotatable bonds is 4. The number of amides is 1. The third-order valence-corrected chi connectivity index (χ3v) is 7.43. The summed E-state index contributed by atoms with van der Waals surface area (Å²) < 4.78 is 89.3. The Morgan fingerprint density at radius 1 is 0.778 bits per heavy atom. The molecule has 4 unspecified atom stereocenters. The summed E-state index contributed by atoms with van der Waals surface area (Å²) >= 11 is 0. The van der Waals surface area contributed by atoms with Crippen LogP contribution >= 0.6 is 12.4 Å². The van der Waals surface area contributed by atoms with Gasteiger partial charge in [0.1, 0.15) is 11.4 Å². The molecule has 0 bridgehead atoms. The van der Waals surface area contributed by atoms with Gasteiger partial charge < -0.3 is 24.4 Å². The highest BCUT2D eigenvalue weighted by Gasteiger charge is 2.38. The average Bonchev–Trinajstić information content (AvgIpc) is 3.03. The minimum absolute atomic E-state index is 0. The van der Waals surface area contributed by atoms with Gasteiger partial charge >= 0.3 is 30.4 Å². The van der Waals surface area contributed by atoms with Crippen LogP contribution in [0.4, 0.5) is 31.1 Å². The van der Waals surface area contributed by atoms with Crippen LogP contribution in [0.5, 0.6) is 0 Å². The van der Waals surface area contributed by atoms with E-state index in [2.05, 4.69) is 15.3 Å². The van der Waals surface area contributed by atoms with Crippen LogP contribution in [0.15, 0.2) is 36.7 Å². The van der Waals surface area contributed by atoms with Crippen LogP contribution in [-0.4, -0.2) is 67.3 Å². The molecule has 2 aliphatic rings. The average molecular weight is 671 g/mol. The number of hydrogen-bond acceptors (Lipinski definition) is 9. The summed E-state index contributed by atoms with van der Waals surface area (Å²) in [6.45, 7) is 0.851. The second kappa shape index (κ2) is 16.1. The summed E-state index contributed by atoms with van der Waals surface area (Å²) in [4.78, 5) is 43.4. The predicted octanol–water partition coefficient (Wildman–Crippen LogP) is 5.53. The summed E-state index contributed by atoms with van der Waals surface area (Å²) in [6, 6.07) is 3.68. The Morgan fingerprint density at radius 3 is 1.73 bits per heavy atom. The normalized spacial score (nSPS) is 21.8. The van der Waals surface area contributed by atoms with E-state index in [-0.39, 0.29) is 43.3 Å². The van der Waals surface area contributed by atoms with Crippen molar-refractivity contribution in [1.29, 1.82) is 0 Å². The molecular weight excluding hydrogens is 638 g/mol. The van der Waals surface area contributed by atoms with Crippen molar-refractivity contribution in [2.45, 2.75) is 50.1 Å². The first kappa shape index (κ1) is 37.5. The molecule has 2 fully saturated rings. The van der Waals surface area contributed by atoms with Crippen LogP contribution in [0.2, 0.25) is 0 Å². The van der Waals surface area contributed by atoms with Gasteiger partial charge in [-0.25, -0.2) is 4.79 Å². The first-order chi connectivity index (χ1) is 20.7. The molecule has 250 valence electrons. The maximum atomic E-state index is 12.6. The van der Waals surface area contributed by atoms with E-state index in [1.54, 1.807) is 0 Å². The molecule has 4 heterocycles. The lowest BCUT2D eigenvalue weighted by Crippen LogP contribution is -2.42. The SMILES string of the molecule is COC(=O)C1CCN(C(=O)OC)C(c2ccc(C(F)(F)F)nc2)C1.COC(=O)C1CCNC(c2ccc(C(F)(F)F)nc2)C1.Cl. The number of nitrogens with zero attached hydrogens (tertiary/aromatic N) is 3. The number of nitrogens with one attached hydrogen (secondary N) is 1. The van der Waals surface area contributed by atoms with Gasteiger partial charge in [-0.1, -0.05) is 12.1 Å². The van der Waals surface area contributed by atoms with Crippen molar-refractivity contribution in [3.8, 4) is 0 Å². The van der Waals surface area contributed by atoms with Crippen molar-refractivity contribution in [2.75, 3.05) is 34.4 Å². The molecule has 0 saturated carbocycles. The molecular formula is C28H33ClF6N4O6. The maximum absolute atomic E-state index is 12.6. The second-order valence-corrected chi connectivity index (χ2v) is 10.1. The third-order valence-electron chi connectivity index (χ3n) is 7.43. The zero-order valence-corrected chi connectivity index (χ0v) is 25.3. The third kappa shape index (κ3) is 9.91. The fourth-order valence-electron chi connectivity index (χ4n) is 5.10. The fourth-order valence-corrected chi connectivity index (χ4v) is 5.10. The number of alkyl halides is 6. The van der Waals surface area contributed by atoms with Gasteiger partial charge in [-0.05, 0) is 55.5 Å². The number of pyridine rings is 2. The lowest BCUT2D eigenvalue weighted by atomic mass is 9.88. The zero-order chi connectivity index (χ0) is 32.7. The number of likely N-dealkylation sites (tertiary alicyclic amines) is 1. The minimum atomic E-state index is -4.54. The lowest BCUT2D eigenvalue weighted by Gasteiger charge is -2.37. The molecule has 10 nitrogen and oxygen atoms in total. The van der Waals surface area contributed by atoms with E-state index >= 15 is 0 Å². The van der Waals surface area contributed by atoms with Crippen LogP contribution in [0, 0.1) is 11.8 Å². The van der Waals surface area contributed by atoms with Gasteiger partial charge in [0.05, 0.1) is 39.2 Å². The second-order valence-electron chi connectivity index (χ2n) is 10.1. The number of halogens is 7. The fraction of sp³-hybridized carbons (Fsp3) is 0.536. The standard InChI is InChI=1S/C15H17F3N2O4.C13H15F3N2O2.ClH/c1-23-13(21)9-5-6-20(14(22)24-2)11(7-9)10-3-4-12(19-8-10)15(16,17)18;1-20-12(19)8-4-5-17-10(6-8)9-2-3-11(18-7-9)13(14,15)16;/h3-4,8-9,11H,5-7H2,1-2H3;2-3,7-8,10,17H,4-6H2,1H3;1H. The quantitative estimate of drug-likeness (QED) is 0.254. The van der Waals surface area contributed by atoms with E-state index in [0.29, 0.717) is 36.9 Å². The number of esters is 2. The van der Waals surface area contributed by atoms with Gasteiger partial charge in [-0.3, -0.25) is 19.6 Å². The van der Waals surface area contributed by atoms with Crippen LogP contribution in [0.25, 0.3) is 0 Å². The van der Waals surface area contributed by atoms with Gasteiger partial charge in [0.25, 0.3) is 0 Å². The number of aromatic nitrogens is 2. The maximum Gasteiger partial charge on any atom is 0.433 e. The van der Waals surface area contributed by atoms with Gasteiger partial charge in [-0.2, -0.15) is 26.3 Å².